The van der Waals surface area contributed by atoms with Crippen LogP contribution in [0.4, 0.5) is 5.69 Å². The molecule has 0 saturated carbocycles. The Morgan fingerprint density at radius 1 is 1.12 bits per heavy atom. The molecule has 0 bridgehead atoms. The first-order valence-corrected chi connectivity index (χ1v) is 7.64. The molecule has 7 heteroatoms. The molecule has 2 amide bonds. The molecular weight excluding hydrogens is 322 g/mol. The van der Waals surface area contributed by atoms with Crippen molar-refractivity contribution in [2.45, 2.75) is 6.92 Å². The van der Waals surface area contributed by atoms with Crippen molar-refractivity contribution in [2.75, 3.05) is 19.0 Å². The highest BCUT2D eigenvalue weighted by atomic mass is 16.5. The summed E-state index contributed by atoms with van der Waals surface area (Å²) >= 11 is 0. The number of carbonyl (C=O) groups excluding carboxylic acids is 2. The van der Waals surface area contributed by atoms with Crippen LogP contribution in [0.3, 0.4) is 0 Å². The van der Waals surface area contributed by atoms with E-state index in [1.165, 1.54) is 6.21 Å². The minimum atomic E-state index is -0.884. The third kappa shape index (κ3) is 5.35. The van der Waals surface area contributed by atoms with Gasteiger partial charge in [-0.15, -0.1) is 0 Å². The lowest BCUT2D eigenvalue weighted by Crippen LogP contribution is -2.32. The Hall–Kier alpha value is -3.35. The molecule has 0 saturated heterocycles. The summed E-state index contributed by atoms with van der Waals surface area (Å²) in [6.45, 7) is 2.28. The second-order valence-electron chi connectivity index (χ2n) is 4.86. The fourth-order valence-corrected chi connectivity index (χ4v) is 1.97. The van der Waals surface area contributed by atoms with Gasteiger partial charge in [0.1, 0.15) is 11.5 Å². The standard InChI is InChI=1S/C18H19N3O4/c1-3-25-16-10-5-4-9-15(16)20-17(22)18(23)21-19-12-13-7-6-8-14(11-13)24-2/h4-12H,3H2,1-2H3,(H,20,22)(H,21,23). The summed E-state index contributed by atoms with van der Waals surface area (Å²) in [6.07, 6.45) is 1.42. The van der Waals surface area contributed by atoms with Crippen LogP contribution < -0.4 is 20.2 Å². The minimum Gasteiger partial charge on any atom is -0.497 e. The van der Waals surface area contributed by atoms with E-state index in [9.17, 15) is 9.59 Å². The number of carbonyl (C=O) groups is 2. The molecule has 0 fully saturated rings. The van der Waals surface area contributed by atoms with E-state index >= 15 is 0 Å². The number of para-hydroxylation sites is 2. The van der Waals surface area contributed by atoms with Crippen molar-refractivity contribution in [3.05, 3.63) is 54.1 Å². The lowest BCUT2D eigenvalue weighted by Gasteiger charge is -2.10. The zero-order chi connectivity index (χ0) is 18.1. The van der Waals surface area contributed by atoms with Gasteiger partial charge in [-0.2, -0.15) is 5.10 Å². The number of ether oxygens (including phenoxy) is 2. The second kappa shape index (κ2) is 9.07. The minimum absolute atomic E-state index is 0.418. The maximum Gasteiger partial charge on any atom is 0.329 e. The Kier molecular flexibility index (Phi) is 6.53. The highest BCUT2D eigenvalue weighted by Gasteiger charge is 2.15. The van der Waals surface area contributed by atoms with Crippen LogP contribution in [-0.2, 0) is 9.59 Å². The van der Waals surface area contributed by atoms with Crippen molar-refractivity contribution in [3.8, 4) is 11.5 Å². The van der Waals surface area contributed by atoms with Gasteiger partial charge in [-0.05, 0) is 36.8 Å². The van der Waals surface area contributed by atoms with Crippen LogP contribution in [0.5, 0.6) is 11.5 Å². The van der Waals surface area contributed by atoms with Crippen LogP contribution in [-0.4, -0.2) is 31.7 Å². The molecule has 0 aliphatic heterocycles. The van der Waals surface area contributed by atoms with Crippen LogP contribution in [0.2, 0.25) is 0 Å². The summed E-state index contributed by atoms with van der Waals surface area (Å²) in [4.78, 5) is 23.8. The zero-order valence-corrected chi connectivity index (χ0v) is 14.0. The van der Waals surface area contributed by atoms with Crippen molar-refractivity contribution in [1.82, 2.24) is 5.43 Å². The van der Waals surface area contributed by atoms with E-state index < -0.39 is 11.8 Å². The molecule has 0 aliphatic carbocycles. The molecule has 0 atom stereocenters. The summed E-state index contributed by atoms with van der Waals surface area (Å²) < 4.78 is 10.5. The number of benzene rings is 2. The van der Waals surface area contributed by atoms with E-state index in [2.05, 4.69) is 15.8 Å². The summed E-state index contributed by atoms with van der Waals surface area (Å²) in [7, 11) is 1.56. The largest absolute Gasteiger partial charge is 0.497 e. The Bertz CT molecular complexity index is 774. The van der Waals surface area contributed by atoms with Crippen molar-refractivity contribution in [2.24, 2.45) is 5.10 Å². The first-order valence-electron chi connectivity index (χ1n) is 7.64. The van der Waals surface area contributed by atoms with Crippen molar-refractivity contribution < 1.29 is 19.1 Å². The molecular formula is C18H19N3O4. The smallest absolute Gasteiger partial charge is 0.329 e. The van der Waals surface area contributed by atoms with Gasteiger partial charge in [0.15, 0.2) is 0 Å². The van der Waals surface area contributed by atoms with E-state index in [1.807, 2.05) is 6.92 Å². The predicted octanol–water partition coefficient (Wildman–Crippen LogP) is 2.18. The van der Waals surface area contributed by atoms with E-state index in [0.717, 1.165) is 5.56 Å². The number of nitrogens with one attached hydrogen (secondary N) is 2. The normalized spacial score (nSPS) is 10.3. The molecule has 7 nitrogen and oxygen atoms in total. The van der Waals surface area contributed by atoms with Crippen molar-refractivity contribution in [3.63, 3.8) is 0 Å². The van der Waals surface area contributed by atoms with E-state index in [0.29, 0.717) is 23.8 Å². The maximum absolute atomic E-state index is 11.9. The Morgan fingerprint density at radius 2 is 1.92 bits per heavy atom. The molecule has 0 spiro atoms. The third-order valence-electron chi connectivity index (χ3n) is 3.11. The summed E-state index contributed by atoms with van der Waals surface area (Å²) in [6, 6.07) is 14.0. The van der Waals surface area contributed by atoms with E-state index in [4.69, 9.17) is 9.47 Å². The molecule has 2 N–H and O–H groups in total. The number of hydrazone groups is 1. The SMILES string of the molecule is CCOc1ccccc1NC(=O)C(=O)NN=Cc1cccc(OC)c1. The molecule has 2 rings (SSSR count). The average molecular weight is 341 g/mol. The number of nitrogens with zero attached hydrogens (tertiary/aromatic N) is 1. The summed E-state index contributed by atoms with van der Waals surface area (Å²) in [5, 5.41) is 6.26. The van der Waals surface area contributed by atoms with Crippen molar-refractivity contribution >= 4 is 23.7 Å². The molecule has 2 aromatic carbocycles. The molecule has 0 aliphatic rings. The van der Waals surface area contributed by atoms with E-state index in [1.54, 1.807) is 55.6 Å². The average Bonchev–Trinajstić information content (AvgIpc) is 2.63. The Morgan fingerprint density at radius 3 is 2.68 bits per heavy atom. The van der Waals surface area contributed by atoms with Crippen LogP contribution >= 0.6 is 0 Å². The number of rotatable bonds is 6. The van der Waals surface area contributed by atoms with Crippen LogP contribution in [0, 0.1) is 0 Å². The van der Waals surface area contributed by atoms with Crippen molar-refractivity contribution in [1.29, 1.82) is 0 Å². The van der Waals surface area contributed by atoms with Crippen LogP contribution in [0.1, 0.15) is 12.5 Å². The second-order valence-corrected chi connectivity index (χ2v) is 4.86. The van der Waals surface area contributed by atoms with Crippen LogP contribution in [0.25, 0.3) is 0 Å². The van der Waals surface area contributed by atoms with Gasteiger partial charge in [0.05, 0.1) is 25.6 Å². The van der Waals surface area contributed by atoms with Gasteiger partial charge < -0.3 is 14.8 Å². The van der Waals surface area contributed by atoms with Crippen LogP contribution in [0.15, 0.2) is 53.6 Å². The molecule has 0 heterocycles. The molecule has 0 radical (unpaired) electrons. The highest BCUT2D eigenvalue weighted by molar-refractivity contribution is 6.39. The van der Waals surface area contributed by atoms with Gasteiger partial charge in [-0.25, -0.2) is 5.43 Å². The topological polar surface area (TPSA) is 89.0 Å². The van der Waals surface area contributed by atoms with Gasteiger partial charge >= 0.3 is 11.8 Å². The van der Waals surface area contributed by atoms with Gasteiger partial charge in [0.25, 0.3) is 0 Å². The van der Waals surface area contributed by atoms with Gasteiger partial charge in [0, 0.05) is 0 Å². The van der Waals surface area contributed by atoms with Gasteiger partial charge in [-0.3, -0.25) is 9.59 Å². The lowest BCUT2D eigenvalue weighted by molar-refractivity contribution is -0.136. The molecule has 130 valence electrons. The number of hydrogen-bond donors (Lipinski definition) is 2. The Labute approximate surface area is 145 Å². The third-order valence-corrected chi connectivity index (χ3v) is 3.11. The first-order chi connectivity index (χ1) is 12.1. The first kappa shape index (κ1) is 18.0. The summed E-state index contributed by atoms with van der Waals surface area (Å²) in [5.41, 5.74) is 3.32. The number of amides is 2. The lowest BCUT2D eigenvalue weighted by atomic mass is 10.2. The Balaban J connectivity index is 1.94. The molecule has 0 unspecified atom stereocenters. The maximum atomic E-state index is 11.9. The summed E-state index contributed by atoms with van der Waals surface area (Å²) in [5.74, 6) is -0.563. The van der Waals surface area contributed by atoms with E-state index in [-0.39, 0.29) is 0 Å². The van der Waals surface area contributed by atoms with Gasteiger partial charge in [-0.1, -0.05) is 24.3 Å². The number of hydrogen-bond acceptors (Lipinski definition) is 5. The molecule has 0 aromatic heterocycles. The highest BCUT2D eigenvalue weighted by Crippen LogP contribution is 2.23. The fourth-order valence-electron chi connectivity index (χ4n) is 1.97. The molecule has 25 heavy (non-hydrogen) atoms. The molecule has 2 aromatic rings. The quantitative estimate of drug-likeness (QED) is 0.479. The number of methoxy groups -OCH3 is 1. The van der Waals surface area contributed by atoms with Gasteiger partial charge in [0.2, 0.25) is 0 Å². The number of anilines is 1. The predicted molar refractivity (Wildman–Crippen MR) is 95.0 cm³/mol. The fraction of sp³-hybridized carbons (Fsp3) is 0.167. The monoisotopic (exact) mass is 341 g/mol. The zero-order valence-electron chi connectivity index (χ0n) is 14.0.